The lowest BCUT2D eigenvalue weighted by Crippen LogP contribution is -2.21. The molecule has 0 fully saturated rings. The Balaban J connectivity index is 2.59. The number of carbonyl (C=O) groups excluding carboxylic acids is 1. The number of aryl methyl sites for hydroxylation is 1. The number of hydrogen-bond acceptors (Lipinski definition) is 4. The van der Waals surface area contributed by atoms with Gasteiger partial charge in [-0.25, -0.2) is 0 Å². The van der Waals surface area contributed by atoms with Crippen molar-refractivity contribution in [2.24, 2.45) is 10.9 Å². The van der Waals surface area contributed by atoms with Gasteiger partial charge in [-0.2, -0.15) is 5.26 Å². The second kappa shape index (κ2) is 5.51. The maximum Gasteiger partial charge on any atom is 0.281 e. The number of hydrogen-bond donors (Lipinski definition) is 1. The van der Waals surface area contributed by atoms with Crippen molar-refractivity contribution in [1.82, 2.24) is 0 Å². The van der Waals surface area contributed by atoms with Crippen molar-refractivity contribution in [2.75, 3.05) is 0 Å². The van der Waals surface area contributed by atoms with Crippen LogP contribution in [0.25, 0.3) is 0 Å². The molecule has 1 aromatic rings. The molecule has 0 unspecified atom stereocenters. The molecule has 0 spiro atoms. The third-order valence-corrected chi connectivity index (χ3v) is 1.81. The number of benzene rings is 1. The van der Waals surface area contributed by atoms with Gasteiger partial charge in [-0.1, -0.05) is 35.0 Å². The van der Waals surface area contributed by atoms with E-state index in [4.69, 9.17) is 15.8 Å². The molecule has 5 heteroatoms. The number of rotatable bonds is 4. The summed E-state index contributed by atoms with van der Waals surface area (Å²) in [4.78, 5) is 15.5. The zero-order chi connectivity index (χ0) is 12.0. The van der Waals surface area contributed by atoms with E-state index in [-0.39, 0.29) is 6.61 Å². The van der Waals surface area contributed by atoms with Crippen molar-refractivity contribution in [3.8, 4) is 6.07 Å². The van der Waals surface area contributed by atoms with E-state index < -0.39 is 11.6 Å². The van der Waals surface area contributed by atoms with Crippen LogP contribution in [0.15, 0.2) is 29.4 Å². The molecule has 1 aromatic carbocycles. The fraction of sp³-hybridized carbons (Fsp3) is 0.182. The highest BCUT2D eigenvalue weighted by Crippen LogP contribution is 2.05. The van der Waals surface area contributed by atoms with Gasteiger partial charge in [0.1, 0.15) is 12.7 Å². The molecule has 16 heavy (non-hydrogen) atoms. The summed E-state index contributed by atoms with van der Waals surface area (Å²) in [7, 11) is 0. The first kappa shape index (κ1) is 11.7. The molecule has 0 aliphatic carbocycles. The maximum atomic E-state index is 10.6. The summed E-state index contributed by atoms with van der Waals surface area (Å²) in [6, 6.07) is 9.17. The number of carbonyl (C=O) groups is 1. The van der Waals surface area contributed by atoms with Crippen LogP contribution in [0.3, 0.4) is 0 Å². The number of nitriles is 1. The molecular formula is C11H11N3O2. The molecule has 0 saturated carbocycles. The Hall–Kier alpha value is -2.35. The molecule has 0 aromatic heterocycles. The predicted molar refractivity (Wildman–Crippen MR) is 58.2 cm³/mol. The Labute approximate surface area is 93.1 Å². The van der Waals surface area contributed by atoms with Gasteiger partial charge in [0.25, 0.3) is 5.91 Å². The highest BCUT2D eigenvalue weighted by Gasteiger charge is 2.05. The molecule has 5 nitrogen and oxygen atoms in total. The monoisotopic (exact) mass is 217 g/mol. The molecule has 2 N–H and O–H groups in total. The van der Waals surface area contributed by atoms with Crippen molar-refractivity contribution >= 4 is 11.6 Å². The normalized spacial score (nSPS) is 10.6. The summed E-state index contributed by atoms with van der Waals surface area (Å²) in [6.07, 6.45) is 0. The molecule has 0 aliphatic heterocycles. The quantitative estimate of drug-likeness (QED) is 0.599. The summed E-state index contributed by atoms with van der Waals surface area (Å²) in [5.74, 6) is -0.897. The van der Waals surface area contributed by atoms with Crippen LogP contribution in [0.4, 0.5) is 0 Å². The van der Waals surface area contributed by atoms with Crippen LogP contribution >= 0.6 is 0 Å². The van der Waals surface area contributed by atoms with Gasteiger partial charge in [0.15, 0.2) is 0 Å². The highest BCUT2D eigenvalue weighted by atomic mass is 16.6. The SMILES string of the molecule is Cc1cccc(CON=C(C#N)C(N)=O)c1. The Bertz CT molecular complexity index is 461. The topological polar surface area (TPSA) is 88.5 Å². The number of nitrogens with two attached hydrogens (primary N) is 1. The zero-order valence-electron chi connectivity index (χ0n) is 8.80. The standard InChI is InChI=1S/C11H11N3O2/c1-8-3-2-4-9(5-8)7-16-14-10(6-12)11(13)15/h2-5H,7H2,1H3,(H2,13,15). The van der Waals surface area contributed by atoms with Crippen LogP contribution in [0, 0.1) is 18.3 Å². The van der Waals surface area contributed by atoms with E-state index in [0.717, 1.165) is 11.1 Å². The molecule has 0 atom stereocenters. The Morgan fingerprint density at radius 1 is 1.62 bits per heavy atom. The van der Waals surface area contributed by atoms with E-state index in [1.807, 2.05) is 31.2 Å². The summed E-state index contributed by atoms with van der Waals surface area (Å²) in [5, 5.41) is 11.8. The molecule has 0 bridgehead atoms. The number of primary amides is 1. The lowest BCUT2D eigenvalue weighted by Gasteiger charge is -2.00. The first-order valence-corrected chi connectivity index (χ1v) is 4.59. The van der Waals surface area contributed by atoms with Gasteiger partial charge < -0.3 is 10.6 Å². The van der Waals surface area contributed by atoms with Crippen molar-refractivity contribution < 1.29 is 9.63 Å². The van der Waals surface area contributed by atoms with E-state index in [9.17, 15) is 4.79 Å². The van der Waals surface area contributed by atoms with Gasteiger partial charge in [0.2, 0.25) is 5.71 Å². The van der Waals surface area contributed by atoms with E-state index in [0.29, 0.717) is 0 Å². The van der Waals surface area contributed by atoms with Crippen LogP contribution in [0.5, 0.6) is 0 Å². The van der Waals surface area contributed by atoms with Crippen molar-refractivity contribution in [3.63, 3.8) is 0 Å². The first-order chi connectivity index (χ1) is 7.63. The second-order valence-electron chi connectivity index (χ2n) is 3.18. The average molecular weight is 217 g/mol. The third kappa shape index (κ3) is 3.42. The van der Waals surface area contributed by atoms with Gasteiger partial charge in [0, 0.05) is 0 Å². The second-order valence-corrected chi connectivity index (χ2v) is 3.18. The van der Waals surface area contributed by atoms with Gasteiger partial charge in [0.05, 0.1) is 0 Å². The maximum absolute atomic E-state index is 10.6. The van der Waals surface area contributed by atoms with Gasteiger partial charge in [-0.15, -0.1) is 0 Å². The van der Waals surface area contributed by atoms with Crippen LogP contribution in [0.1, 0.15) is 11.1 Å². The van der Waals surface area contributed by atoms with Crippen LogP contribution < -0.4 is 5.73 Å². The molecular weight excluding hydrogens is 206 g/mol. The number of oxime groups is 1. The highest BCUT2D eigenvalue weighted by molar-refractivity contribution is 6.44. The van der Waals surface area contributed by atoms with E-state index >= 15 is 0 Å². The largest absolute Gasteiger partial charge is 0.390 e. The molecule has 82 valence electrons. The minimum Gasteiger partial charge on any atom is -0.390 e. The van der Waals surface area contributed by atoms with Gasteiger partial charge in [-0.05, 0) is 12.5 Å². The summed E-state index contributed by atoms with van der Waals surface area (Å²) >= 11 is 0. The molecule has 0 heterocycles. The predicted octanol–water partition coefficient (Wildman–Crippen LogP) is 0.877. The fourth-order valence-electron chi connectivity index (χ4n) is 1.09. The van der Waals surface area contributed by atoms with E-state index in [1.165, 1.54) is 0 Å². The Morgan fingerprint density at radius 3 is 2.94 bits per heavy atom. The third-order valence-electron chi connectivity index (χ3n) is 1.81. The number of amides is 1. The van der Waals surface area contributed by atoms with Gasteiger partial charge in [-0.3, -0.25) is 4.79 Å². The van der Waals surface area contributed by atoms with Crippen LogP contribution in [-0.2, 0) is 16.2 Å². The molecule has 0 aliphatic rings. The van der Waals surface area contributed by atoms with Crippen LogP contribution in [0.2, 0.25) is 0 Å². The smallest absolute Gasteiger partial charge is 0.281 e. The zero-order valence-corrected chi connectivity index (χ0v) is 8.80. The van der Waals surface area contributed by atoms with E-state index in [2.05, 4.69) is 5.16 Å². The molecule has 0 saturated heterocycles. The van der Waals surface area contributed by atoms with Gasteiger partial charge >= 0.3 is 0 Å². The lowest BCUT2D eigenvalue weighted by molar-refractivity contribution is -0.112. The summed E-state index contributed by atoms with van der Waals surface area (Å²) in [5.41, 5.74) is 6.45. The lowest BCUT2D eigenvalue weighted by atomic mass is 10.1. The fourth-order valence-corrected chi connectivity index (χ4v) is 1.09. The Morgan fingerprint density at radius 2 is 2.38 bits per heavy atom. The minimum atomic E-state index is -0.897. The molecule has 1 rings (SSSR count). The van der Waals surface area contributed by atoms with Crippen molar-refractivity contribution in [3.05, 3.63) is 35.4 Å². The number of nitrogens with zero attached hydrogens (tertiary/aromatic N) is 2. The van der Waals surface area contributed by atoms with Crippen LogP contribution in [-0.4, -0.2) is 11.6 Å². The Kier molecular flexibility index (Phi) is 4.04. The van der Waals surface area contributed by atoms with E-state index in [1.54, 1.807) is 6.07 Å². The van der Waals surface area contributed by atoms with Crippen molar-refractivity contribution in [2.45, 2.75) is 13.5 Å². The summed E-state index contributed by atoms with van der Waals surface area (Å²) in [6.45, 7) is 2.15. The average Bonchev–Trinajstić information content (AvgIpc) is 2.24. The molecule has 1 amide bonds. The minimum absolute atomic E-state index is 0.195. The first-order valence-electron chi connectivity index (χ1n) is 4.59. The van der Waals surface area contributed by atoms with Crippen molar-refractivity contribution in [1.29, 1.82) is 5.26 Å². The molecule has 0 radical (unpaired) electrons. The summed E-state index contributed by atoms with van der Waals surface area (Å²) < 4.78 is 0.